The zero-order valence-corrected chi connectivity index (χ0v) is 9.21. The Morgan fingerprint density at radius 1 is 1.21 bits per heavy atom. The molecule has 0 heterocycles. The molecule has 0 saturated carbocycles. The molecule has 0 fully saturated rings. The average molecular weight is 190 g/mol. The third-order valence-electron chi connectivity index (χ3n) is 2.28. The second-order valence-corrected chi connectivity index (χ2v) is 4.07. The Labute approximate surface area is 86.1 Å². The number of ketones is 1. The van der Waals surface area contributed by atoms with Crippen LogP contribution in [0.3, 0.4) is 0 Å². The van der Waals surface area contributed by atoms with E-state index in [1.54, 1.807) is 0 Å². The van der Waals surface area contributed by atoms with E-state index in [4.69, 9.17) is 0 Å². The van der Waals surface area contributed by atoms with Crippen molar-refractivity contribution in [1.29, 1.82) is 0 Å². The first-order chi connectivity index (χ1) is 6.63. The molecule has 0 aliphatic carbocycles. The molecule has 0 aliphatic rings. The fraction of sp³-hybridized carbons (Fsp3) is 0.462. The summed E-state index contributed by atoms with van der Waals surface area (Å²) in [6.07, 6.45) is 1.67. The van der Waals surface area contributed by atoms with E-state index in [0.29, 0.717) is 12.3 Å². The monoisotopic (exact) mass is 190 g/mol. The zero-order valence-electron chi connectivity index (χ0n) is 9.21. The van der Waals surface area contributed by atoms with Crippen LogP contribution in [0.15, 0.2) is 24.3 Å². The minimum absolute atomic E-state index is 0.252. The van der Waals surface area contributed by atoms with E-state index in [1.807, 2.05) is 24.3 Å². The van der Waals surface area contributed by atoms with E-state index in [-0.39, 0.29) is 5.78 Å². The minimum Gasteiger partial charge on any atom is -0.294 e. The molecule has 0 aliphatic heterocycles. The van der Waals surface area contributed by atoms with Gasteiger partial charge in [0.25, 0.3) is 0 Å². The normalized spacial score (nSPS) is 10.6. The van der Waals surface area contributed by atoms with Crippen molar-refractivity contribution in [3.8, 4) is 0 Å². The molecule has 1 nitrogen and oxygen atoms in total. The second kappa shape index (κ2) is 4.94. The quantitative estimate of drug-likeness (QED) is 0.664. The van der Waals surface area contributed by atoms with Crippen LogP contribution in [0.4, 0.5) is 0 Å². The summed E-state index contributed by atoms with van der Waals surface area (Å²) < 4.78 is 0. The molecule has 1 rings (SSSR count). The number of carbonyl (C=O) groups excluding carboxylic acids is 1. The van der Waals surface area contributed by atoms with Crippen LogP contribution in [-0.4, -0.2) is 5.78 Å². The van der Waals surface area contributed by atoms with Crippen molar-refractivity contribution in [2.75, 3.05) is 0 Å². The van der Waals surface area contributed by atoms with Gasteiger partial charge in [-0.15, -0.1) is 0 Å². The topological polar surface area (TPSA) is 17.1 Å². The van der Waals surface area contributed by atoms with Gasteiger partial charge >= 0.3 is 0 Å². The first-order valence-corrected chi connectivity index (χ1v) is 5.25. The van der Waals surface area contributed by atoms with Crippen LogP contribution in [0.1, 0.15) is 43.1 Å². The average Bonchev–Trinajstić information content (AvgIpc) is 2.17. The van der Waals surface area contributed by atoms with Gasteiger partial charge in [-0.05, 0) is 17.9 Å². The molecule has 76 valence electrons. The highest BCUT2D eigenvalue weighted by atomic mass is 16.1. The summed E-state index contributed by atoms with van der Waals surface area (Å²) >= 11 is 0. The van der Waals surface area contributed by atoms with Crippen LogP contribution in [0.25, 0.3) is 0 Å². The maximum Gasteiger partial charge on any atom is 0.163 e. The lowest BCUT2D eigenvalue weighted by Crippen LogP contribution is -2.03. The molecule has 1 aromatic rings. The summed E-state index contributed by atoms with van der Waals surface area (Å²) in [5.74, 6) is 0.691. The predicted molar refractivity (Wildman–Crippen MR) is 59.6 cm³/mol. The fourth-order valence-corrected chi connectivity index (χ4v) is 1.41. The van der Waals surface area contributed by atoms with Gasteiger partial charge in [0, 0.05) is 12.0 Å². The van der Waals surface area contributed by atoms with Gasteiger partial charge in [-0.1, -0.05) is 45.0 Å². The first kappa shape index (κ1) is 11.0. The summed E-state index contributed by atoms with van der Waals surface area (Å²) in [4.78, 5) is 11.7. The molecular weight excluding hydrogens is 172 g/mol. The van der Waals surface area contributed by atoms with Gasteiger partial charge in [-0.2, -0.15) is 0 Å². The number of carbonyl (C=O) groups is 1. The zero-order chi connectivity index (χ0) is 10.6. The molecule has 0 spiro atoms. The Balaban J connectivity index is 2.71. The van der Waals surface area contributed by atoms with Crippen LogP contribution in [0.5, 0.6) is 0 Å². The molecule has 0 N–H and O–H groups in total. The highest BCUT2D eigenvalue weighted by Crippen LogP contribution is 2.10. The molecule has 0 radical (unpaired) electrons. The van der Waals surface area contributed by atoms with Gasteiger partial charge in [0.05, 0.1) is 0 Å². The third kappa shape index (κ3) is 2.99. The number of hydrogen-bond acceptors (Lipinski definition) is 1. The number of benzene rings is 1. The van der Waals surface area contributed by atoms with Crippen molar-refractivity contribution < 1.29 is 4.79 Å². The Morgan fingerprint density at radius 3 is 2.21 bits per heavy atom. The molecular formula is C13H18O. The largest absolute Gasteiger partial charge is 0.294 e. The molecule has 0 aromatic heterocycles. The predicted octanol–water partition coefficient (Wildman–Crippen LogP) is 3.48. The summed E-state index contributed by atoms with van der Waals surface area (Å²) in [6.45, 7) is 6.25. The summed E-state index contributed by atoms with van der Waals surface area (Å²) in [6, 6.07) is 7.94. The van der Waals surface area contributed by atoms with Gasteiger partial charge < -0.3 is 0 Å². The first-order valence-electron chi connectivity index (χ1n) is 5.25. The minimum atomic E-state index is 0.252. The molecule has 0 amide bonds. The maximum absolute atomic E-state index is 11.7. The van der Waals surface area contributed by atoms with Crippen molar-refractivity contribution in [2.24, 2.45) is 5.92 Å². The summed E-state index contributed by atoms with van der Waals surface area (Å²) in [7, 11) is 0. The Kier molecular flexibility index (Phi) is 3.87. The lowest BCUT2D eigenvalue weighted by Gasteiger charge is -2.04. The molecule has 1 aromatic carbocycles. The molecule has 0 saturated heterocycles. The maximum atomic E-state index is 11.7. The van der Waals surface area contributed by atoms with Crippen LogP contribution in [0.2, 0.25) is 0 Å². The van der Waals surface area contributed by atoms with Gasteiger partial charge in [0.1, 0.15) is 0 Å². The van der Waals surface area contributed by atoms with E-state index in [9.17, 15) is 4.79 Å². The van der Waals surface area contributed by atoms with E-state index < -0.39 is 0 Å². The van der Waals surface area contributed by atoms with E-state index in [2.05, 4.69) is 20.8 Å². The van der Waals surface area contributed by atoms with Crippen LogP contribution in [0, 0.1) is 5.92 Å². The van der Waals surface area contributed by atoms with Gasteiger partial charge in [0.15, 0.2) is 5.78 Å². The number of hydrogen-bond donors (Lipinski definition) is 0. The standard InChI is InChI=1S/C13H18O/c1-4-11-5-7-12(8-6-11)13(14)9-10(2)3/h5-8,10H,4,9H2,1-3H3. The lowest BCUT2D eigenvalue weighted by molar-refractivity contribution is 0.0968. The highest BCUT2D eigenvalue weighted by Gasteiger charge is 2.07. The highest BCUT2D eigenvalue weighted by molar-refractivity contribution is 5.96. The summed E-state index contributed by atoms with van der Waals surface area (Å²) in [5, 5.41) is 0. The Morgan fingerprint density at radius 2 is 1.79 bits per heavy atom. The number of rotatable bonds is 4. The number of aryl methyl sites for hydroxylation is 1. The van der Waals surface area contributed by atoms with Gasteiger partial charge in [-0.3, -0.25) is 4.79 Å². The third-order valence-corrected chi connectivity index (χ3v) is 2.28. The second-order valence-electron chi connectivity index (χ2n) is 4.07. The molecule has 14 heavy (non-hydrogen) atoms. The van der Waals surface area contributed by atoms with Crippen molar-refractivity contribution in [3.63, 3.8) is 0 Å². The van der Waals surface area contributed by atoms with Crippen LogP contribution < -0.4 is 0 Å². The Hall–Kier alpha value is -1.11. The van der Waals surface area contributed by atoms with Gasteiger partial charge in [0.2, 0.25) is 0 Å². The SMILES string of the molecule is CCc1ccc(C(=O)CC(C)C)cc1. The van der Waals surface area contributed by atoms with E-state index in [1.165, 1.54) is 5.56 Å². The van der Waals surface area contributed by atoms with Crippen LogP contribution in [-0.2, 0) is 6.42 Å². The molecule has 0 unspecified atom stereocenters. The molecule has 0 bridgehead atoms. The Bertz CT molecular complexity index is 296. The fourth-order valence-electron chi connectivity index (χ4n) is 1.41. The molecule has 0 atom stereocenters. The smallest absolute Gasteiger partial charge is 0.163 e. The van der Waals surface area contributed by atoms with Gasteiger partial charge in [-0.25, -0.2) is 0 Å². The lowest BCUT2D eigenvalue weighted by atomic mass is 10.00. The number of Topliss-reactive ketones (excluding diaryl/α,β-unsaturated/α-hetero) is 1. The summed E-state index contributed by atoms with van der Waals surface area (Å²) in [5.41, 5.74) is 2.13. The van der Waals surface area contributed by atoms with E-state index >= 15 is 0 Å². The molecule has 1 heteroatoms. The van der Waals surface area contributed by atoms with Crippen molar-refractivity contribution in [3.05, 3.63) is 35.4 Å². The van der Waals surface area contributed by atoms with Crippen LogP contribution >= 0.6 is 0 Å². The van der Waals surface area contributed by atoms with Crippen molar-refractivity contribution >= 4 is 5.78 Å². The van der Waals surface area contributed by atoms with Crippen molar-refractivity contribution in [2.45, 2.75) is 33.6 Å². The van der Waals surface area contributed by atoms with Crippen molar-refractivity contribution in [1.82, 2.24) is 0 Å². The van der Waals surface area contributed by atoms with E-state index in [0.717, 1.165) is 12.0 Å².